The first-order valence-corrected chi connectivity index (χ1v) is 9.11. The molecular weight excluding hydrogens is 330 g/mol. The first-order chi connectivity index (χ1) is 12.8. The van der Waals surface area contributed by atoms with Crippen molar-refractivity contribution in [2.24, 2.45) is 0 Å². The topological polar surface area (TPSA) is 55.2 Å². The van der Waals surface area contributed by atoms with E-state index >= 15 is 0 Å². The summed E-state index contributed by atoms with van der Waals surface area (Å²) < 4.78 is 11.1. The minimum absolute atomic E-state index is 0.0323. The van der Waals surface area contributed by atoms with Crippen LogP contribution in [0.3, 0.4) is 0 Å². The van der Waals surface area contributed by atoms with Crippen LogP contribution in [0.2, 0.25) is 0 Å². The fourth-order valence-corrected chi connectivity index (χ4v) is 3.45. The number of hydrogen-bond donors (Lipinski definition) is 2. The van der Waals surface area contributed by atoms with Crippen molar-refractivity contribution in [3.05, 3.63) is 48.5 Å². The molecule has 2 aromatic carbocycles. The maximum atomic E-state index is 12.4. The fraction of sp³-hybridized carbons (Fsp3) is 0.350. The summed E-state index contributed by atoms with van der Waals surface area (Å²) in [6.45, 7) is 5.45. The van der Waals surface area contributed by atoms with Crippen LogP contribution in [0.4, 0.5) is 11.4 Å². The number of amides is 1. The lowest BCUT2D eigenvalue weighted by Gasteiger charge is -2.33. The van der Waals surface area contributed by atoms with E-state index in [-0.39, 0.29) is 5.91 Å². The largest absolute Gasteiger partial charge is 0.486 e. The lowest BCUT2D eigenvalue weighted by molar-refractivity contribution is -0.892. The minimum atomic E-state index is 0.0323. The fourth-order valence-electron chi connectivity index (χ4n) is 3.45. The van der Waals surface area contributed by atoms with E-state index in [1.807, 2.05) is 24.3 Å². The third kappa shape index (κ3) is 3.91. The lowest BCUT2D eigenvalue weighted by atomic mass is 10.2. The number of nitrogens with zero attached hydrogens (tertiary/aromatic N) is 1. The Hall–Kier alpha value is -2.73. The van der Waals surface area contributed by atoms with Gasteiger partial charge in [-0.15, -0.1) is 0 Å². The van der Waals surface area contributed by atoms with Crippen LogP contribution in [0.25, 0.3) is 0 Å². The van der Waals surface area contributed by atoms with Gasteiger partial charge < -0.3 is 24.6 Å². The number of fused-ring (bicyclic) bond motifs is 1. The van der Waals surface area contributed by atoms with Gasteiger partial charge in [-0.2, -0.15) is 0 Å². The van der Waals surface area contributed by atoms with Crippen molar-refractivity contribution in [1.82, 2.24) is 0 Å². The first-order valence-electron chi connectivity index (χ1n) is 9.11. The summed E-state index contributed by atoms with van der Waals surface area (Å²) in [5.74, 6) is 1.46. The van der Waals surface area contributed by atoms with Crippen molar-refractivity contribution in [1.29, 1.82) is 0 Å². The van der Waals surface area contributed by atoms with Crippen molar-refractivity contribution < 1.29 is 19.2 Å². The molecule has 0 bridgehead atoms. The number of ether oxygens (including phenoxy) is 2. The van der Waals surface area contributed by atoms with Crippen molar-refractivity contribution >= 4 is 17.3 Å². The molecule has 0 aliphatic carbocycles. The number of para-hydroxylation sites is 1. The molecule has 2 aromatic rings. The van der Waals surface area contributed by atoms with E-state index < -0.39 is 0 Å². The third-order valence-corrected chi connectivity index (χ3v) is 4.83. The van der Waals surface area contributed by atoms with Crippen LogP contribution in [0.15, 0.2) is 48.5 Å². The van der Waals surface area contributed by atoms with Gasteiger partial charge in [-0.05, 0) is 24.3 Å². The van der Waals surface area contributed by atoms with E-state index in [1.165, 1.54) is 10.6 Å². The second-order valence-corrected chi connectivity index (χ2v) is 6.66. The molecule has 0 spiro atoms. The zero-order valence-corrected chi connectivity index (χ0v) is 14.7. The van der Waals surface area contributed by atoms with Crippen LogP contribution in [-0.4, -0.2) is 51.8 Å². The van der Waals surface area contributed by atoms with Gasteiger partial charge in [0.15, 0.2) is 18.0 Å². The highest BCUT2D eigenvalue weighted by atomic mass is 16.6. The van der Waals surface area contributed by atoms with E-state index in [0.717, 1.165) is 37.6 Å². The molecular formula is C20H24N3O3+. The Kier molecular flexibility index (Phi) is 4.93. The molecule has 0 saturated carbocycles. The van der Waals surface area contributed by atoms with Crippen LogP contribution in [-0.2, 0) is 4.79 Å². The highest BCUT2D eigenvalue weighted by Gasteiger charge is 2.22. The molecule has 2 heterocycles. The number of carbonyl (C=O) groups excluding carboxylic acids is 1. The molecule has 6 heteroatoms. The molecule has 136 valence electrons. The molecule has 0 aromatic heterocycles. The maximum absolute atomic E-state index is 12.4. The summed E-state index contributed by atoms with van der Waals surface area (Å²) in [6, 6.07) is 16.0. The van der Waals surface area contributed by atoms with Gasteiger partial charge in [-0.3, -0.25) is 4.79 Å². The average Bonchev–Trinajstić information content (AvgIpc) is 2.69. The Morgan fingerprint density at radius 2 is 1.73 bits per heavy atom. The van der Waals surface area contributed by atoms with Gasteiger partial charge in [0.05, 0.1) is 26.2 Å². The molecule has 1 saturated heterocycles. The number of quaternary nitrogens is 1. The van der Waals surface area contributed by atoms with Crippen molar-refractivity contribution in [2.45, 2.75) is 0 Å². The number of nitrogens with one attached hydrogen (secondary N) is 2. The summed E-state index contributed by atoms with van der Waals surface area (Å²) >= 11 is 0. The van der Waals surface area contributed by atoms with Crippen LogP contribution in [0.5, 0.6) is 11.5 Å². The monoisotopic (exact) mass is 354 g/mol. The number of anilines is 2. The highest BCUT2D eigenvalue weighted by molar-refractivity contribution is 5.91. The molecule has 26 heavy (non-hydrogen) atoms. The zero-order valence-electron chi connectivity index (χ0n) is 14.7. The van der Waals surface area contributed by atoms with E-state index in [1.54, 1.807) is 0 Å². The summed E-state index contributed by atoms with van der Waals surface area (Å²) in [6.07, 6.45) is 0. The summed E-state index contributed by atoms with van der Waals surface area (Å²) in [5, 5.41) is 2.97. The van der Waals surface area contributed by atoms with Gasteiger partial charge in [-0.25, -0.2) is 0 Å². The molecule has 4 rings (SSSR count). The molecule has 6 nitrogen and oxygen atoms in total. The van der Waals surface area contributed by atoms with Gasteiger partial charge in [0.2, 0.25) is 0 Å². The van der Waals surface area contributed by atoms with Crippen LogP contribution in [0, 0.1) is 0 Å². The molecule has 0 atom stereocenters. The molecule has 0 radical (unpaired) electrons. The quantitative estimate of drug-likeness (QED) is 0.853. The highest BCUT2D eigenvalue weighted by Crippen LogP contribution is 2.32. The van der Waals surface area contributed by atoms with Crippen molar-refractivity contribution in [2.75, 3.05) is 56.2 Å². The SMILES string of the molecule is O=C(C[NH+]1CCN(c2ccccc2)CC1)Nc1ccc2c(c1)OCCO2. The van der Waals surface area contributed by atoms with Gasteiger partial charge >= 0.3 is 0 Å². The van der Waals surface area contributed by atoms with E-state index in [4.69, 9.17) is 9.47 Å². The minimum Gasteiger partial charge on any atom is -0.486 e. The molecule has 2 N–H and O–H groups in total. The predicted octanol–water partition coefficient (Wildman–Crippen LogP) is 0.801. The van der Waals surface area contributed by atoms with Crippen molar-refractivity contribution in [3.8, 4) is 11.5 Å². The van der Waals surface area contributed by atoms with Gasteiger partial charge in [0, 0.05) is 17.4 Å². The second-order valence-electron chi connectivity index (χ2n) is 6.66. The van der Waals surface area contributed by atoms with E-state index in [9.17, 15) is 4.79 Å². The standard InChI is InChI=1S/C20H23N3O3/c24-20(21-16-6-7-18-19(14-16)26-13-12-25-18)15-22-8-10-23(11-9-22)17-4-2-1-3-5-17/h1-7,14H,8-13,15H2,(H,21,24)/p+1. The van der Waals surface area contributed by atoms with Gasteiger partial charge in [0.1, 0.15) is 13.2 Å². The summed E-state index contributed by atoms with van der Waals surface area (Å²) in [7, 11) is 0. The first kappa shape index (κ1) is 16.7. The third-order valence-electron chi connectivity index (χ3n) is 4.83. The summed E-state index contributed by atoms with van der Waals surface area (Å²) in [5.41, 5.74) is 2.01. The Labute approximate surface area is 153 Å². The number of hydrogen-bond acceptors (Lipinski definition) is 4. The van der Waals surface area contributed by atoms with E-state index in [2.05, 4.69) is 34.5 Å². The van der Waals surface area contributed by atoms with Crippen molar-refractivity contribution in [3.63, 3.8) is 0 Å². The predicted molar refractivity (Wildman–Crippen MR) is 100 cm³/mol. The van der Waals surface area contributed by atoms with Gasteiger partial charge in [0.25, 0.3) is 5.91 Å². The smallest absolute Gasteiger partial charge is 0.279 e. The number of carbonyl (C=O) groups is 1. The Bertz CT molecular complexity index is 758. The Morgan fingerprint density at radius 3 is 2.50 bits per heavy atom. The Morgan fingerprint density at radius 1 is 1.00 bits per heavy atom. The lowest BCUT2D eigenvalue weighted by Crippen LogP contribution is -3.15. The van der Waals surface area contributed by atoms with Crippen LogP contribution in [0.1, 0.15) is 0 Å². The number of benzene rings is 2. The molecule has 2 aliphatic heterocycles. The second kappa shape index (κ2) is 7.66. The maximum Gasteiger partial charge on any atom is 0.279 e. The zero-order chi connectivity index (χ0) is 17.8. The summed E-state index contributed by atoms with van der Waals surface area (Å²) in [4.78, 5) is 16.1. The van der Waals surface area contributed by atoms with Gasteiger partial charge in [-0.1, -0.05) is 18.2 Å². The normalized spacial score (nSPS) is 17.0. The molecule has 0 unspecified atom stereocenters. The molecule has 2 aliphatic rings. The number of rotatable bonds is 4. The molecule has 1 amide bonds. The molecule has 1 fully saturated rings. The average molecular weight is 354 g/mol. The number of piperazine rings is 1. The van der Waals surface area contributed by atoms with Crippen LogP contribution < -0.4 is 24.6 Å². The Balaban J connectivity index is 1.28. The van der Waals surface area contributed by atoms with E-state index in [0.29, 0.717) is 25.5 Å². The van der Waals surface area contributed by atoms with Crippen LogP contribution >= 0.6 is 0 Å².